The number of hydrogen-bond acceptors (Lipinski definition) is 8. The third kappa shape index (κ3) is 4.03. The van der Waals surface area contributed by atoms with E-state index in [0.717, 1.165) is 9.36 Å². The maximum absolute atomic E-state index is 12.4. The van der Waals surface area contributed by atoms with Gasteiger partial charge in [0.2, 0.25) is 23.6 Å². The SMILES string of the molecule is COc1cc(OC)nc(NC(=O)Cn2nnn(-c3ccccc3Cl)c2=O)n1. The number of ether oxygens (including phenoxy) is 2. The zero-order valence-corrected chi connectivity index (χ0v) is 15.0. The van der Waals surface area contributed by atoms with Crippen molar-refractivity contribution in [3.63, 3.8) is 0 Å². The molecule has 1 aromatic carbocycles. The van der Waals surface area contributed by atoms with Crippen LogP contribution in [-0.2, 0) is 11.3 Å². The zero-order chi connectivity index (χ0) is 19.4. The van der Waals surface area contributed by atoms with E-state index in [1.165, 1.54) is 20.3 Å². The number of carbonyl (C=O) groups is 1. The van der Waals surface area contributed by atoms with Crippen molar-refractivity contribution in [2.75, 3.05) is 19.5 Å². The molecule has 3 aromatic rings. The maximum atomic E-state index is 12.4. The predicted octanol–water partition coefficient (Wildman–Crippen LogP) is 0.528. The third-order valence-corrected chi connectivity index (χ3v) is 3.68. The molecule has 0 aliphatic rings. The van der Waals surface area contributed by atoms with Gasteiger partial charge in [0, 0.05) is 0 Å². The first-order valence-electron chi connectivity index (χ1n) is 7.56. The fourth-order valence-electron chi connectivity index (χ4n) is 2.12. The molecule has 0 aliphatic carbocycles. The Morgan fingerprint density at radius 1 is 1.15 bits per heavy atom. The molecule has 3 rings (SSSR count). The lowest BCUT2D eigenvalue weighted by molar-refractivity contribution is -0.117. The van der Waals surface area contributed by atoms with Crippen molar-refractivity contribution in [3.8, 4) is 17.4 Å². The largest absolute Gasteiger partial charge is 0.481 e. The Hall–Kier alpha value is -3.47. The molecular weight excluding hydrogens is 378 g/mol. The minimum Gasteiger partial charge on any atom is -0.481 e. The summed E-state index contributed by atoms with van der Waals surface area (Å²) < 4.78 is 11.9. The first kappa shape index (κ1) is 18.3. The van der Waals surface area contributed by atoms with Gasteiger partial charge in [-0.05, 0) is 22.6 Å². The predicted molar refractivity (Wildman–Crippen MR) is 94.4 cm³/mol. The van der Waals surface area contributed by atoms with Crippen LogP contribution in [0.15, 0.2) is 35.1 Å². The zero-order valence-electron chi connectivity index (χ0n) is 14.3. The number of nitrogens with one attached hydrogen (secondary N) is 1. The number of para-hydroxylation sites is 1. The Balaban J connectivity index is 1.78. The van der Waals surface area contributed by atoms with Crippen molar-refractivity contribution >= 4 is 23.5 Å². The lowest BCUT2D eigenvalue weighted by atomic mass is 10.3. The molecule has 0 radical (unpaired) electrons. The van der Waals surface area contributed by atoms with Crippen molar-refractivity contribution in [1.29, 1.82) is 0 Å². The molecule has 0 saturated heterocycles. The van der Waals surface area contributed by atoms with Crippen LogP contribution in [0.5, 0.6) is 11.8 Å². The topological polar surface area (TPSA) is 126 Å². The Morgan fingerprint density at radius 3 is 2.44 bits per heavy atom. The van der Waals surface area contributed by atoms with Crippen LogP contribution in [-0.4, -0.2) is 49.9 Å². The van der Waals surface area contributed by atoms with Gasteiger partial charge in [0.25, 0.3) is 0 Å². The van der Waals surface area contributed by atoms with E-state index in [2.05, 4.69) is 25.7 Å². The number of hydrogen-bond donors (Lipinski definition) is 1. The van der Waals surface area contributed by atoms with Gasteiger partial charge in [0.1, 0.15) is 6.54 Å². The Morgan fingerprint density at radius 2 is 1.81 bits per heavy atom. The molecule has 2 aromatic heterocycles. The highest BCUT2D eigenvalue weighted by Crippen LogP contribution is 2.18. The minimum atomic E-state index is -0.623. The number of anilines is 1. The molecule has 12 heteroatoms. The Labute approximate surface area is 157 Å². The molecule has 0 atom stereocenters. The molecule has 1 N–H and O–H groups in total. The van der Waals surface area contributed by atoms with Crippen LogP contribution in [0, 0.1) is 0 Å². The summed E-state index contributed by atoms with van der Waals surface area (Å²) in [5.41, 5.74) is -0.265. The van der Waals surface area contributed by atoms with Gasteiger partial charge in [0.05, 0.1) is 31.0 Å². The van der Waals surface area contributed by atoms with Crippen LogP contribution in [0.2, 0.25) is 5.02 Å². The van der Waals surface area contributed by atoms with Crippen molar-refractivity contribution < 1.29 is 14.3 Å². The fourth-order valence-corrected chi connectivity index (χ4v) is 2.33. The number of aromatic nitrogens is 6. The smallest absolute Gasteiger partial charge is 0.369 e. The van der Waals surface area contributed by atoms with Crippen LogP contribution in [0.3, 0.4) is 0 Å². The van der Waals surface area contributed by atoms with Gasteiger partial charge < -0.3 is 9.47 Å². The molecule has 27 heavy (non-hydrogen) atoms. The first-order valence-corrected chi connectivity index (χ1v) is 7.94. The van der Waals surface area contributed by atoms with Crippen molar-refractivity contribution in [2.45, 2.75) is 6.54 Å². The van der Waals surface area contributed by atoms with Crippen LogP contribution in [0.1, 0.15) is 0 Å². The first-order chi connectivity index (χ1) is 13.0. The van der Waals surface area contributed by atoms with Crippen LogP contribution in [0.4, 0.5) is 5.95 Å². The summed E-state index contributed by atoms with van der Waals surface area (Å²) in [7, 11) is 2.83. The van der Waals surface area contributed by atoms with E-state index in [-0.39, 0.29) is 17.7 Å². The second-order valence-corrected chi connectivity index (χ2v) is 5.51. The van der Waals surface area contributed by atoms with Crippen LogP contribution in [0.25, 0.3) is 5.69 Å². The van der Waals surface area contributed by atoms with Gasteiger partial charge in [-0.1, -0.05) is 23.7 Å². The number of carbonyl (C=O) groups excluding carboxylic acids is 1. The van der Waals surface area contributed by atoms with Gasteiger partial charge in [-0.2, -0.15) is 19.3 Å². The summed E-state index contributed by atoms with van der Waals surface area (Å²) in [6, 6.07) is 8.10. The van der Waals surface area contributed by atoms with Gasteiger partial charge >= 0.3 is 5.69 Å². The normalized spacial score (nSPS) is 10.5. The molecular formula is C15H14ClN7O4. The number of nitrogens with zero attached hydrogens (tertiary/aromatic N) is 6. The number of tetrazole rings is 1. The van der Waals surface area contributed by atoms with E-state index >= 15 is 0 Å². The van der Waals surface area contributed by atoms with Crippen LogP contribution >= 0.6 is 11.6 Å². The van der Waals surface area contributed by atoms with E-state index in [0.29, 0.717) is 10.7 Å². The number of rotatable bonds is 6. The van der Waals surface area contributed by atoms with E-state index < -0.39 is 18.1 Å². The summed E-state index contributed by atoms with van der Waals surface area (Å²) in [5, 5.41) is 10.2. The van der Waals surface area contributed by atoms with E-state index in [9.17, 15) is 9.59 Å². The summed E-state index contributed by atoms with van der Waals surface area (Å²) in [6.45, 7) is -0.397. The summed E-state index contributed by atoms with van der Waals surface area (Å²) in [6.07, 6.45) is 0. The van der Waals surface area contributed by atoms with Crippen molar-refractivity contribution in [1.82, 2.24) is 29.8 Å². The van der Waals surface area contributed by atoms with Crippen molar-refractivity contribution in [2.24, 2.45) is 0 Å². The van der Waals surface area contributed by atoms with Crippen molar-refractivity contribution in [3.05, 3.63) is 45.8 Å². The average molecular weight is 392 g/mol. The summed E-state index contributed by atoms with van der Waals surface area (Å²) in [4.78, 5) is 32.6. The number of amides is 1. The molecule has 1 amide bonds. The summed E-state index contributed by atoms with van der Waals surface area (Å²) >= 11 is 6.05. The second-order valence-electron chi connectivity index (χ2n) is 5.11. The van der Waals surface area contributed by atoms with Crippen LogP contribution < -0.4 is 20.5 Å². The molecule has 11 nitrogen and oxygen atoms in total. The van der Waals surface area contributed by atoms with Gasteiger partial charge in [-0.25, -0.2) is 4.79 Å². The second kappa shape index (κ2) is 7.83. The molecule has 0 aliphatic heterocycles. The van der Waals surface area contributed by atoms with Gasteiger partial charge in [-0.15, -0.1) is 0 Å². The molecule has 0 spiro atoms. The Kier molecular flexibility index (Phi) is 5.31. The minimum absolute atomic E-state index is 0.0391. The highest BCUT2D eigenvalue weighted by atomic mass is 35.5. The van der Waals surface area contributed by atoms with Gasteiger partial charge in [-0.3, -0.25) is 10.1 Å². The highest BCUT2D eigenvalue weighted by molar-refractivity contribution is 6.32. The number of benzene rings is 1. The lowest BCUT2D eigenvalue weighted by Gasteiger charge is -2.07. The molecule has 0 saturated carbocycles. The molecule has 140 valence electrons. The molecule has 0 unspecified atom stereocenters. The fraction of sp³-hybridized carbons (Fsp3) is 0.200. The molecule has 0 fully saturated rings. The monoisotopic (exact) mass is 391 g/mol. The van der Waals surface area contributed by atoms with Gasteiger partial charge in [0.15, 0.2) is 0 Å². The summed E-state index contributed by atoms with van der Waals surface area (Å²) in [5.74, 6) is -0.209. The number of halogens is 1. The maximum Gasteiger partial charge on any atom is 0.369 e. The van der Waals surface area contributed by atoms with E-state index in [1.807, 2.05) is 0 Å². The average Bonchev–Trinajstić information content (AvgIpc) is 3.02. The lowest BCUT2D eigenvalue weighted by Crippen LogP contribution is -2.30. The quantitative estimate of drug-likeness (QED) is 0.644. The third-order valence-electron chi connectivity index (χ3n) is 3.36. The molecule has 0 bridgehead atoms. The Bertz CT molecular complexity index is 1010. The van der Waals surface area contributed by atoms with E-state index in [4.69, 9.17) is 21.1 Å². The standard InChI is InChI=1S/C15H14ClN7O4/c1-26-12-7-13(27-2)19-14(18-12)17-11(24)8-22-15(25)23(21-20-22)10-6-4-3-5-9(10)16/h3-7H,8H2,1-2H3,(H,17,18,19,24). The molecule has 2 heterocycles. The highest BCUT2D eigenvalue weighted by Gasteiger charge is 2.15. The van der Waals surface area contributed by atoms with E-state index in [1.54, 1.807) is 24.3 Å². The number of methoxy groups -OCH3 is 2.